The average molecular weight is 284 g/mol. The smallest absolute Gasteiger partial charge is 0.225 e. The third kappa shape index (κ3) is 7.88. The number of likely N-dealkylation sites (tertiary alicyclic amines) is 1. The highest BCUT2D eigenvalue weighted by Crippen LogP contribution is 2.09. The summed E-state index contributed by atoms with van der Waals surface area (Å²) >= 11 is 0. The molecule has 20 heavy (non-hydrogen) atoms. The van der Waals surface area contributed by atoms with Gasteiger partial charge >= 0.3 is 0 Å². The van der Waals surface area contributed by atoms with Gasteiger partial charge in [-0.1, -0.05) is 47.5 Å². The van der Waals surface area contributed by atoms with E-state index in [0.717, 1.165) is 32.5 Å². The topological polar surface area (TPSA) is 23.6 Å². The van der Waals surface area contributed by atoms with E-state index in [1.165, 1.54) is 32.4 Å². The molecule has 120 valence electrons. The van der Waals surface area contributed by atoms with Crippen LogP contribution in [-0.4, -0.2) is 48.4 Å². The number of carbonyl (C=O) groups is 1. The second kappa shape index (κ2) is 12.2. The number of hydrogen-bond donors (Lipinski definition) is 0. The van der Waals surface area contributed by atoms with Gasteiger partial charge in [-0.25, -0.2) is 0 Å². The van der Waals surface area contributed by atoms with Crippen molar-refractivity contribution < 1.29 is 4.79 Å². The first-order valence-electron chi connectivity index (χ1n) is 8.66. The Bertz CT molecular complexity index is 235. The summed E-state index contributed by atoms with van der Waals surface area (Å²) in [5.41, 5.74) is 0. The maximum atomic E-state index is 12.1. The summed E-state index contributed by atoms with van der Waals surface area (Å²) in [4.78, 5) is 16.7. The zero-order chi connectivity index (χ0) is 15.4. The Kier molecular flexibility index (Phi) is 11.8. The molecule has 3 heteroatoms. The van der Waals surface area contributed by atoms with E-state index >= 15 is 0 Å². The minimum Gasteiger partial charge on any atom is -0.341 e. The monoisotopic (exact) mass is 284 g/mol. The van der Waals surface area contributed by atoms with E-state index < -0.39 is 0 Å². The fourth-order valence-corrected chi connectivity index (χ4v) is 2.49. The molecule has 0 aromatic carbocycles. The van der Waals surface area contributed by atoms with E-state index in [9.17, 15) is 4.79 Å². The van der Waals surface area contributed by atoms with E-state index in [2.05, 4.69) is 16.7 Å². The molecule has 0 spiro atoms. The van der Waals surface area contributed by atoms with Crippen molar-refractivity contribution in [2.45, 2.75) is 66.7 Å². The summed E-state index contributed by atoms with van der Waals surface area (Å²) in [7, 11) is 0. The Morgan fingerprint density at radius 3 is 2.20 bits per heavy atom. The maximum Gasteiger partial charge on any atom is 0.225 e. The lowest BCUT2D eigenvalue weighted by Gasteiger charge is -2.31. The molecular formula is C17H36N2O. The van der Waals surface area contributed by atoms with Gasteiger partial charge in [-0.05, 0) is 32.4 Å². The van der Waals surface area contributed by atoms with Crippen molar-refractivity contribution in [3.05, 3.63) is 0 Å². The lowest BCUT2D eigenvalue weighted by atomic mass is 10.1. The summed E-state index contributed by atoms with van der Waals surface area (Å²) in [6.07, 6.45) is 6.31. The van der Waals surface area contributed by atoms with Crippen LogP contribution in [0, 0.1) is 5.92 Å². The lowest BCUT2D eigenvalue weighted by Crippen LogP contribution is -2.42. The van der Waals surface area contributed by atoms with Crippen molar-refractivity contribution in [3.8, 4) is 0 Å². The molecule has 0 radical (unpaired) electrons. The van der Waals surface area contributed by atoms with E-state index in [-0.39, 0.29) is 5.92 Å². The van der Waals surface area contributed by atoms with Crippen LogP contribution in [0.2, 0.25) is 0 Å². The third-order valence-corrected chi connectivity index (χ3v) is 3.72. The van der Waals surface area contributed by atoms with Crippen LogP contribution in [-0.2, 0) is 4.79 Å². The number of nitrogens with zero attached hydrogens (tertiary/aromatic N) is 2. The molecule has 0 saturated carbocycles. The van der Waals surface area contributed by atoms with Crippen LogP contribution in [0.25, 0.3) is 0 Å². The minimum atomic E-state index is 0.128. The van der Waals surface area contributed by atoms with Crippen molar-refractivity contribution in [1.82, 2.24) is 9.80 Å². The number of amides is 1. The first-order valence-corrected chi connectivity index (χ1v) is 8.66. The van der Waals surface area contributed by atoms with Crippen molar-refractivity contribution in [1.29, 1.82) is 0 Å². The molecular weight excluding hydrogens is 248 g/mol. The highest BCUT2D eigenvalue weighted by atomic mass is 16.2. The number of unbranched alkanes of at least 4 members (excludes halogenated alkanes) is 1. The van der Waals surface area contributed by atoms with Crippen LogP contribution in [0.1, 0.15) is 66.7 Å². The largest absolute Gasteiger partial charge is 0.341 e. The molecule has 1 saturated heterocycles. The molecule has 1 amide bonds. The normalized spacial score (nSPS) is 15.7. The van der Waals surface area contributed by atoms with Gasteiger partial charge in [-0.15, -0.1) is 0 Å². The molecule has 1 aliphatic heterocycles. The summed E-state index contributed by atoms with van der Waals surface area (Å²) in [6, 6.07) is 0. The zero-order valence-corrected chi connectivity index (χ0v) is 14.5. The van der Waals surface area contributed by atoms with Gasteiger partial charge in [0.15, 0.2) is 0 Å². The molecule has 0 aromatic rings. The van der Waals surface area contributed by atoms with Gasteiger partial charge < -0.3 is 9.80 Å². The van der Waals surface area contributed by atoms with Gasteiger partial charge in [0.1, 0.15) is 0 Å². The summed E-state index contributed by atoms with van der Waals surface area (Å²) in [5, 5.41) is 0. The fraction of sp³-hybridized carbons (Fsp3) is 0.941. The third-order valence-electron chi connectivity index (χ3n) is 3.72. The Morgan fingerprint density at radius 2 is 1.70 bits per heavy atom. The van der Waals surface area contributed by atoms with Gasteiger partial charge in [0, 0.05) is 25.6 Å². The number of carbonyl (C=O) groups excluding carboxylic acids is 1. The van der Waals surface area contributed by atoms with Gasteiger partial charge in [-0.3, -0.25) is 4.79 Å². The Balaban J connectivity index is 0.00000172. The molecule has 0 N–H and O–H groups in total. The van der Waals surface area contributed by atoms with Crippen LogP contribution in [0.5, 0.6) is 0 Å². The van der Waals surface area contributed by atoms with E-state index in [1.807, 2.05) is 27.7 Å². The molecule has 1 fully saturated rings. The molecule has 1 rings (SSSR count). The number of rotatable bonds is 7. The minimum absolute atomic E-state index is 0.128. The second-order valence-electron chi connectivity index (χ2n) is 5.74. The van der Waals surface area contributed by atoms with Crippen molar-refractivity contribution in [2.75, 3.05) is 32.7 Å². The lowest BCUT2D eigenvalue weighted by molar-refractivity contribution is -0.134. The van der Waals surface area contributed by atoms with Crippen molar-refractivity contribution in [3.63, 3.8) is 0 Å². The second-order valence-corrected chi connectivity index (χ2v) is 5.74. The van der Waals surface area contributed by atoms with Gasteiger partial charge in [-0.2, -0.15) is 0 Å². The van der Waals surface area contributed by atoms with Crippen LogP contribution in [0.3, 0.4) is 0 Å². The number of piperidine rings is 1. The van der Waals surface area contributed by atoms with Crippen molar-refractivity contribution in [2.24, 2.45) is 5.92 Å². The molecule has 0 aromatic heterocycles. The fourth-order valence-electron chi connectivity index (χ4n) is 2.49. The molecule has 1 aliphatic rings. The number of hydrogen-bond acceptors (Lipinski definition) is 2. The maximum absolute atomic E-state index is 12.1. The highest BCUT2D eigenvalue weighted by molar-refractivity contribution is 5.78. The average Bonchev–Trinajstić information content (AvgIpc) is 2.49. The van der Waals surface area contributed by atoms with E-state index in [4.69, 9.17) is 0 Å². The predicted molar refractivity (Wildman–Crippen MR) is 88.0 cm³/mol. The molecule has 0 aliphatic carbocycles. The molecule has 0 unspecified atom stereocenters. The Labute approximate surface area is 126 Å². The van der Waals surface area contributed by atoms with Crippen LogP contribution >= 0.6 is 0 Å². The van der Waals surface area contributed by atoms with Crippen LogP contribution in [0.4, 0.5) is 0 Å². The van der Waals surface area contributed by atoms with Gasteiger partial charge in [0.05, 0.1) is 0 Å². The molecule has 0 atom stereocenters. The predicted octanol–water partition coefficient (Wildman–Crippen LogP) is 3.78. The first-order chi connectivity index (χ1) is 9.65. The Morgan fingerprint density at radius 1 is 1.10 bits per heavy atom. The zero-order valence-electron chi connectivity index (χ0n) is 14.5. The summed E-state index contributed by atoms with van der Waals surface area (Å²) in [5.74, 6) is 0.448. The van der Waals surface area contributed by atoms with Gasteiger partial charge in [0.25, 0.3) is 0 Å². The quantitative estimate of drug-likeness (QED) is 0.710. The van der Waals surface area contributed by atoms with Gasteiger partial charge in [0.2, 0.25) is 5.91 Å². The Hall–Kier alpha value is -0.570. The van der Waals surface area contributed by atoms with E-state index in [0.29, 0.717) is 5.91 Å². The molecule has 1 heterocycles. The summed E-state index contributed by atoms with van der Waals surface area (Å²) < 4.78 is 0. The molecule has 0 bridgehead atoms. The molecule has 3 nitrogen and oxygen atoms in total. The van der Waals surface area contributed by atoms with Crippen LogP contribution < -0.4 is 0 Å². The SMILES string of the molecule is CC.CCCCN(CCN1CCCCC1)C(=O)C(C)C. The standard InChI is InChI=1S/C15H30N2O.C2H6/c1-4-5-11-17(15(18)14(2)3)13-12-16-9-7-6-8-10-16;1-2/h14H,4-13H2,1-3H3;1-2H3. The summed E-state index contributed by atoms with van der Waals surface area (Å²) in [6.45, 7) is 15.5. The van der Waals surface area contributed by atoms with Crippen molar-refractivity contribution >= 4 is 5.91 Å². The highest BCUT2D eigenvalue weighted by Gasteiger charge is 2.18. The first kappa shape index (κ1) is 19.4. The van der Waals surface area contributed by atoms with E-state index in [1.54, 1.807) is 0 Å². The van der Waals surface area contributed by atoms with Crippen LogP contribution in [0.15, 0.2) is 0 Å².